The summed E-state index contributed by atoms with van der Waals surface area (Å²) in [5.74, 6) is 0.182. The Kier molecular flexibility index (Phi) is 10.9. The number of benzene rings is 5. The number of carbonyl (C=O) groups excluding carboxylic acids is 1. The van der Waals surface area contributed by atoms with Crippen molar-refractivity contribution in [3.8, 4) is 50.3 Å². The average Bonchev–Trinajstić information content (AvgIpc) is 4.18. The van der Waals surface area contributed by atoms with Crippen molar-refractivity contribution in [2.75, 3.05) is 13.2 Å². The van der Waals surface area contributed by atoms with Crippen LogP contribution in [0.2, 0.25) is 0 Å². The lowest BCUT2D eigenvalue weighted by Crippen LogP contribution is -2.35. The molecule has 3 aromatic heterocycles. The molecule has 8 heteroatoms. The standard InChI is InChI=1S/C55H43N5O3/c56-42(35-36-13-5-1-6-14-36)55(61)63-34-33-62-41-23-21-40(22-24-41)54-49-31-29-47(59-49)52(38-17-9-3-10-18-38)45-27-25-43(57-45)51(37-15-7-2-8-16-37)44-26-28-46(58-44)53(39-19-11-4-12-20-39)48-30-32-50(54)60-48/h1-32,42,57-58H,33-35,56H2. The summed E-state index contributed by atoms with van der Waals surface area (Å²) in [7, 11) is 0. The molecule has 10 rings (SSSR count). The third-order valence-electron chi connectivity index (χ3n) is 11.3. The molecular weight excluding hydrogens is 779 g/mol. The van der Waals surface area contributed by atoms with E-state index in [2.05, 4.69) is 131 Å². The first kappa shape index (κ1) is 39.1. The van der Waals surface area contributed by atoms with Crippen LogP contribution in [-0.2, 0) is 16.0 Å². The van der Waals surface area contributed by atoms with Gasteiger partial charge in [0.1, 0.15) is 25.0 Å². The Bertz CT molecular complexity index is 3020. The molecule has 8 nitrogen and oxygen atoms in total. The fourth-order valence-electron chi connectivity index (χ4n) is 8.31. The van der Waals surface area contributed by atoms with E-state index in [4.69, 9.17) is 25.2 Å². The molecule has 0 amide bonds. The zero-order valence-corrected chi connectivity index (χ0v) is 34.4. The number of H-pyrrole nitrogens is 2. The highest BCUT2D eigenvalue weighted by molar-refractivity contribution is 6.00. The Morgan fingerprint density at radius 2 is 0.857 bits per heavy atom. The Morgan fingerprint density at radius 1 is 0.460 bits per heavy atom. The first-order valence-electron chi connectivity index (χ1n) is 21.1. The van der Waals surface area contributed by atoms with Crippen LogP contribution in [0.3, 0.4) is 0 Å². The first-order chi connectivity index (χ1) is 31.1. The molecule has 5 heterocycles. The van der Waals surface area contributed by atoms with Crippen LogP contribution >= 0.6 is 0 Å². The molecule has 2 aliphatic rings. The summed E-state index contributed by atoms with van der Waals surface area (Å²) >= 11 is 0. The highest BCUT2D eigenvalue weighted by Crippen LogP contribution is 2.38. The third kappa shape index (κ3) is 8.23. The minimum absolute atomic E-state index is 0.0809. The van der Waals surface area contributed by atoms with E-state index in [1.165, 1.54) is 0 Å². The summed E-state index contributed by atoms with van der Waals surface area (Å²) in [6, 6.07) is 56.6. The van der Waals surface area contributed by atoms with Gasteiger partial charge >= 0.3 is 5.97 Å². The SMILES string of the molecule is NC(Cc1ccccc1)C(=O)OCCOc1ccc(-c2c3nc(c(-c4ccccc4)c4ccc([nH]4)c(-c4ccccc4)c4ccc([nH]4)c(-c4ccccc4)c4nc2C=C4)C=C3)cc1. The van der Waals surface area contributed by atoms with E-state index in [1.807, 2.05) is 72.8 Å². The van der Waals surface area contributed by atoms with E-state index in [9.17, 15) is 4.79 Å². The summed E-state index contributed by atoms with van der Waals surface area (Å²) < 4.78 is 11.5. The van der Waals surface area contributed by atoms with Gasteiger partial charge in [-0.2, -0.15) is 0 Å². The number of nitrogens with zero attached hydrogens (tertiary/aromatic N) is 2. The van der Waals surface area contributed by atoms with Crippen LogP contribution < -0.4 is 10.5 Å². The second-order valence-electron chi connectivity index (χ2n) is 15.4. The van der Waals surface area contributed by atoms with Crippen LogP contribution in [-0.4, -0.2) is 45.2 Å². The van der Waals surface area contributed by atoms with Gasteiger partial charge in [-0.25, -0.2) is 9.97 Å². The molecule has 0 spiro atoms. The van der Waals surface area contributed by atoms with Crippen LogP contribution in [0.1, 0.15) is 28.3 Å². The molecule has 0 fully saturated rings. The van der Waals surface area contributed by atoms with E-state index < -0.39 is 12.0 Å². The van der Waals surface area contributed by atoms with Crippen LogP contribution in [0.5, 0.6) is 5.75 Å². The number of hydrogen-bond acceptors (Lipinski definition) is 6. The van der Waals surface area contributed by atoms with Crippen molar-refractivity contribution in [1.29, 1.82) is 0 Å². The van der Waals surface area contributed by atoms with Crippen LogP contribution in [0, 0.1) is 0 Å². The summed E-state index contributed by atoms with van der Waals surface area (Å²) in [6.45, 7) is 0.264. The summed E-state index contributed by atoms with van der Waals surface area (Å²) in [5, 5.41) is 0. The number of hydrogen-bond donors (Lipinski definition) is 3. The number of rotatable bonds is 11. The average molecular weight is 822 g/mol. The molecule has 0 saturated heterocycles. The van der Waals surface area contributed by atoms with Crippen LogP contribution in [0.25, 0.3) is 90.9 Å². The number of ether oxygens (including phenoxy) is 2. The first-order valence-corrected chi connectivity index (χ1v) is 21.1. The topological polar surface area (TPSA) is 119 Å². The minimum Gasteiger partial charge on any atom is -0.490 e. The maximum Gasteiger partial charge on any atom is 0.323 e. The number of fused-ring (bicyclic) bond motifs is 8. The number of esters is 1. The lowest BCUT2D eigenvalue weighted by atomic mass is 10.0. The maximum atomic E-state index is 12.6. The van der Waals surface area contributed by atoms with Gasteiger partial charge in [-0.1, -0.05) is 133 Å². The summed E-state index contributed by atoms with van der Waals surface area (Å²) in [5.41, 5.74) is 22.2. The van der Waals surface area contributed by atoms with E-state index in [1.54, 1.807) is 0 Å². The van der Waals surface area contributed by atoms with E-state index in [0.29, 0.717) is 12.2 Å². The van der Waals surface area contributed by atoms with Gasteiger partial charge in [0.25, 0.3) is 0 Å². The Morgan fingerprint density at radius 3 is 1.33 bits per heavy atom. The number of nitrogens with two attached hydrogens (primary N) is 1. The van der Waals surface area contributed by atoms with Crippen molar-refractivity contribution >= 4 is 52.3 Å². The van der Waals surface area contributed by atoms with Crippen LogP contribution in [0.4, 0.5) is 0 Å². The predicted molar refractivity (Wildman–Crippen MR) is 255 cm³/mol. The summed E-state index contributed by atoms with van der Waals surface area (Å²) in [4.78, 5) is 31.0. The fourth-order valence-corrected chi connectivity index (χ4v) is 8.31. The molecule has 63 heavy (non-hydrogen) atoms. The van der Waals surface area contributed by atoms with E-state index in [-0.39, 0.29) is 13.2 Å². The monoisotopic (exact) mass is 821 g/mol. The minimum atomic E-state index is -0.748. The number of aromatic nitrogens is 4. The van der Waals surface area contributed by atoms with E-state index >= 15 is 0 Å². The second-order valence-corrected chi connectivity index (χ2v) is 15.4. The molecular formula is C55H43N5O3. The molecule has 1 atom stereocenters. The van der Waals surface area contributed by atoms with Gasteiger partial charge in [0.2, 0.25) is 0 Å². The Balaban J connectivity index is 1.09. The van der Waals surface area contributed by atoms with Crippen LogP contribution in [0.15, 0.2) is 170 Å². The molecule has 8 bridgehead atoms. The predicted octanol–water partition coefficient (Wildman–Crippen LogP) is 11.8. The Labute approximate surface area is 365 Å². The molecule has 2 aliphatic heterocycles. The maximum absolute atomic E-state index is 12.6. The highest BCUT2D eigenvalue weighted by atomic mass is 16.6. The van der Waals surface area contributed by atoms with Crippen molar-refractivity contribution in [3.05, 3.63) is 198 Å². The van der Waals surface area contributed by atoms with Gasteiger partial charge in [0.15, 0.2) is 0 Å². The van der Waals surface area contributed by atoms with Gasteiger partial charge < -0.3 is 25.2 Å². The lowest BCUT2D eigenvalue weighted by molar-refractivity contribution is -0.145. The quantitative estimate of drug-likeness (QED) is 0.0883. The van der Waals surface area contributed by atoms with Crippen molar-refractivity contribution in [2.24, 2.45) is 5.73 Å². The van der Waals surface area contributed by atoms with Crippen molar-refractivity contribution in [1.82, 2.24) is 19.9 Å². The van der Waals surface area contributed by atoms with Gasteiger partial charge in [-0.05, 0) is 94.9 Å². The second kappa shape index (κ2) is 17.5. The molecule has 0 radical (unpaired) electrons. The zero-order chi connectivity index (χ0) is 42.5. The van der Waals surface area contributed by atoms with Gasteiger partial charge in [-0.15, -0.1) is 0 Å². The number of nitrogens with one attached hydrogen (secondary N) is 2. The van der Waals surface area contributed by atoms with E-state index in [0.717, 1.165) is 94.9 Å². The largest absolute Gasteiger partial charge is 0.490 e. The number of aromatic amines is 2. The lowest BCUT2D eigenvalue weighted by Gasteiger charge is -2.12. The van der Waals surface area contributed by atoms with Gasteiger partial charge in [0, 0.05) is 44.3 Å². The van der Waals surface area contributed by atoms with Crippen molar-refractivity contribution < 1.29 is 14.3 Å². The smallest absolute Gasteiger partial charge is 0.323 e. The normalized spacial score (nSPS) is 12.3. The molecule has 1 unspecified atom stereocenters. The molecule has 306 valence electrons. The molecule has 5 aromatic carbocycles. The van der Waals surface area contributed by atoms with Crippen molar-refractivity contribution in [3.63, 3.8) is 0 Å². The molecule has 0 saturated carbocycles. The summed E-state index contributed by atoms with van der Waals surface area (Å²) in [6.07, 6.45) is 8.73. The Hall–Kier alpha value is -8.07. The van der Waals surface area contributed by atoms with Gasteiger partial charge in [-0.3, -0.25) is 4.79 Å². The highest BCUT2D eigenvalue weighted by Gasteiger charge is 2.20. The van der Waals surface area contributed by atoms with Crippen molar-refractivity contribution in [2.45, 2.75) is 12.5 Å². The molecule has 4 N–H and O–H groups in total. The molecule has 8 aromatic rings. The molecule has 0 aliphatic carbocycles. The van der Waals surface area contributed by atoms with Gasteiger partial charge in [0.05, 0.1) is 22.8 Å². The zero-order valence-electron chi connectivity index (χ0n) is 34.4. The fraction of sp³-hybridized carbons (Fsp3) is 0.0727. The number of carbonyl (C=O) groups is 1. The third-order valence-corrected chi connectivity index (χ3v) is 11.3.